The lowest BCUT2D eigenvalue weighted by Gasteiger charge is -2.05. The highest BCUT2D eigenvalue weighted by Crippen LogP contribution is 2.19. The first kappa shape index (κ1) is 9.51. The van der Waals surface area contributed by atoms with Crippen molar-refractivity contribution < 1.29 is 14.6 Å². The number of hydrogen-bond acceptors (Lipinski definition) is 4. The Hall–Kier alpha value is -2.04. The molecular weight excluding hydrogens is 196 g/mol. The van der Waals surface area contributed by atoms with Crippen LogP contribution in [0.4, 0.5) is 5.69 Å². The summed E-state index contributed by atoms with van der Waals surface area (Å²) in [4.78, 5) is 16.5. The van der Waals surface area contributed by atoms with Gasteiger partial charge in [-0.3, -0.25) is 9.69 Å². The third-order valence-electron chi connectivity index (χ3n) is 2.04. The van der Waals surface area contributed by atoms with Gasteiger partial charge in [-0.15, -0.1) is 0 Å². The van der Waals surface area contributed by atoms with Crippen LogP contribution in [0.5, 0.6) is 5.75 Å². The standard InChI is InChI=1S/C10H10N2O3/c1-12-9(14)6-15-10(12)11-7-3-2-4-8(13)5-7/h2-5,13H,6H2,1H3. The Balaban J connectivity index is 2.27. The number of hydrogen-bond donors (Lipinski definition) is 1. The van der Waals surface area contributed by atoms with Crippen LogP contribution in [0.25, 0.3) is 0 Å². The molecule has 0 unspecified atom stereocenters. The van der Waals surface area contributed by atoms with Crippen molar-refractivity contribution in [2.75, 3.05) is 13.7 Å². The predicted octanol–water partition coefficient (Wildman–Crippen LogP) is 0.868. The first-order valence-corrected chi connectivity index (χ1v) is 4.44. The zero-order chi connectivity index (χ0) is 10.8. The molecule has 0 aromatic heterocycles. The van der Waals surface area contributed by atoms with Gasteiger partial charge in [0.15, 0.2) is 6.61 Å². The highest BCUT2D eigenvalue weighted by Gasteiger charge is 2.25. The Kier molecular flexibility index (Phi) is 2.29. The van der Waals surface area contributed by atoms with E-state index in [1.165, 1.54) is 11.0 Å². The molecule has 0 spiro atoms. The van der Waals surface area contributed by atoms with Gasteiger partial charge in [-0.1, -0.05) is 6.07 Å². The lowest BCUT2D eigenvalue weighted by molar-refractivity contribution is -0.124. The van der Waals surface area contributed by atoms with Crippen molar-refractivity contribution in [1.29, 1.82) is 0 Å². The van der Waals surface area contributed by atoms with Crippen LogP contribution in [0.1, 0.15) is 0 Å². The number of carbonyl (C=O) groups is 1. The van der Waals surface area contributed by atoms with Crippen molar-refractivity contribution in [2.24, 2.45) is 4.99 Å². The number of amidine groups is 1. The van der Waals surface area contributed by atoms with E-state index in [4.69, 9.17) is 4.74 Å². The second-order valence-corrected chi connectivity index (χ2v) is 3.16. The Bertz CT molecular complexity index is 428. The average molecular weight is 206 g/mol. The van der Waals surface area contributed by atoms with Crippen LogP contribution in [0.2, 0.25) is 0 Å². The number of amides is 1. The summed E-state index contributed by atoms with van der Waals surface area (Å²) in [6.07, 6.45) is 0. The zero-order valence-electron chi connectivity index (χ0n) is 8.17. The molecule has 1 aromatic rings. The van der Waals surface area contributed by atoms with Gasteiger partial charge in [-0.25, -0.2) is 0 Å². The maximum absolute atomic E-state index is 11.1. The molecule has 78 valence electrons. The van der Waals surface area contributed by atoms with Crippen LogP contribution >= 0.6 is 0 Å². The quantitative estimate of drug-likeness (QED) is 0.741. The van der Waals surface area contributed by atoms with Crippen molar-refractivity contribution in [3.63, 3.8) is 0 Å². The van der Waals surface area contributed by atoms with E-state index in [0.717, 1.165) is 0 Å². The van der Waals surface area contributed by atoms with Gasteiger partial charge >= 0.3 is 0 Å². The monoisotopic (exact) mass is 206 g/mol. The fourth-order valence-corrected chi connectivity index (χ4v) is 1.21. The van der Waals surface area contributed by atoms with Crippen molar-refractivity contribution in [3.05, 3.63) is 24.3 Å². The summed E-state index contributed by atoms with van der Waals surface area (Å²) < 4.78 is 5.07. The van der Waals surface area contributed by atoms with E-state index < -0.39 is 0 Å². The summed E-state index contributed by atoms with van der Waals surface area (Å²) in [6, 6.07) is 6.69. The Morgan fingerprint density at radius 3 is 2.93 bits per heavy atom. The number of rotatable bonds is 1. The largest absolute Gasteiger partial charge is 0.508 e. The fourth-order valence-electron chi connectivity index (χ4n) is 1.21. The van der Waals surface area contributed by atoms with Gasteiger partial charge in [0.25, 0.3) is 11.9 Å². The molecule has 0 radical (unpaired) electrons. The molecule has 15 heavy (non-hydrogen) atoms. The number of carbonyl (C=O) groups excluding carboxylic acids is 1. The Morgan fingerprint density at radius 2 is 2.33 bits per heavy atom. The Labute approximate surface area is 86.6 Å². The van der Waals surface area contributed by atoms with Crippen LogP contribution in [0.15, 0.2) is 29.3 Å². The highest BCUT2D eigenvalue weighted by molar-refractivity contribution is 6.00. The number of phenols is 1. The summed E-state index contributed by atoms with van der Waals surface area (Å²) in [5.74, 6) is -0.00210. The topological polar surface area (TPSA) is 62.1 Å². The average Bonchev–Trinajstić information content (AvgIpc) is 2.50. The summed E-state index contributed by atoms with van der Waals surface area (Å²) in [6.45, 7) is 0.0220. The normalized spacial score (nSPS) is 18.3. The number of nitrogens with zero attached hydrogens (tertiary/aromatic N) is 2. The zero-order valence-corrected chi connectivity index (χ0v) is 8.17. The number of benzene rings is 1. The SMILES string of the molecule is CN1C(=O)COC1=Nc1cccc(O)c1. The minimum absolute atomic E-state index is 0.0220. The molecule has 0 aliphatic carbocycles. The predicted molar refractivity (Wildman–Crippen MR) is 53.9 cm³/mol. The summed E-state index contributed by atoms with van der Waals surface area (Å²) in [5.41, 5.74) is 0.548. The minimum atomic E-state index is -0.131. The molecule has 1 fully saturated rings. The molecule has 1 heterocycles. The van der Waals surface area contributed by atoms with E-state index in [0.29, 0.717) is 5.69 Å². The van der Waals surface area contributed by atoms with Crippen LogP contribution in [-0.2, 0) is 9.53 Å². The smallest absolute Gasteiger partial charge is 0.299 e. The summed E-state index contributed by atoms with van der Waals surface area (Å²) >= 11 is 0. The van der Waals surface area contributed by atoms with Gasteiger partial charge in [-0.05, 0) is 12.1 Å². The number of aliphatic imine (C=N–C) groups is 1. The Morgan fingerprint density at radius 1 is 1.53 bits per heavy atom. The second-order valence-electron chi connectivity index (χ2n) is 3.16. The molecule has 0 atom stereocenters. The second kappa shape index (κ2) is 3.61. The fraction of sp³-hybridized carbons (Fsp3) is 0.200. The third-order valence-corrected chi connectivity index (χ3v) is 2.04. The molecule has 5 heteroatoms. The molecule has 0 saturated carbocycles. The van der Waals surface area contributed by atoms with Crippen LogP contribution in [0, 0.1) is 0 Å². The van der Waals surface area contributed by atoms with Crippen LogP contribution in [-0.4, -0.2) is 35.6 Å². The van der Waals surface area contributed by atoms with Gasteiger partial charge in [0.1, 0.15) is 5.75 Å². The van der Waals surface area contributed by atoms with Crippen LogP contribution in [0.3, 0.4) is 0 Å². The molecule has 5 nitrogen and oxygen atoms in total. The van der Waals surface area contributed by atoms with Crippen LogP contribution < -0.4 is 0 Å². The van der Waals surface area contributed by atoms with E-state index >= 15 is 0 Å². The number of likely N-dealkylation sites (N-methyl/N-ethyl adjacent to an activating group) is 1. The van der Waals surface area contributed by atoms with Crippen molar-refractivity contribution >= 4 is 17.6 Å². The number of aromatic hydroxyl groups is 1. The summed E-state index contributed by atoms with van der Waals surface area (Å²) in [5, 5.41) is 9.21. The summed E-state index contributed by atoms with van der Waals surface area (Å²) in [7, 11) is 1.59. The maximum Gasteiger partial charge on any atom is 0.299 e. The van der Waals surface area contributed by atoms with E-state index in [9.17, 15) is 9.90 Å². The lowest BCUT2D eigenvalue weighted by Crippen LogP contribution is -2.24. The molecule has 1 aliphatic rings. The maximum atomic E-state index is 11.1. The molecule has 1 aromatic carbocycles. The van der Waals surface area contributed by atoms with Crippen molar-refractivity contribution in [1.82, 2.24) is 4.90 Å². The first-order chi connectivity index (χ1) is 7.16. The van der Waals surface area contributed by atoms with E-state index in [1.807, 2.05) is 0 Å². The molecular formula is C10H10N2O3. The van der Waals surface area contributed by atoms with E-state index in [1.54, 1.807) is 25.2 Å². The number of phenolic OH excluding ortho intramolecular Hbond substituents is 1. The highest BCUT2D eigenvalue weighted by atomic mass is 16.5. The molecule has 2 rings (SSSR count). The lowest BCUT2D eigenvalue weighted by atomic mass is 10.3. The van der Waals surface area contributed by atoms with Gasteiger partial charge in [-0.2, -0.15) is 4.99 Å². The third kappa shape index (κ3) is 1.90. The molecule has 1 aliphatic heterocycles. The molecule has 1 saturated heterocycles. The van der Waals surface area contributed by atoms with Gasteiger partial charge in [0, 0.05) is 13.1 Å². The van der Waals surface area contributed by atoms with Gasteiger partial charge in [0.2, 0.25) is 0 Å². The van der Waals surface area contributed by atoms with Gasteiger partial charge < -0.3 is 9.84 Å². The van der Waals surface area contributed by atoms with E-state index in [-0.39, 0.29) is 24.3 Å². The molecule has 0 bridgehead atoms. The first-order valence-electron chi connectivity index (χ1n) is 4.44. The van der Waals surface area contributed by atoms with Crippen molar-refractivity contribution in [3.8, 4) is 5.75 Å². The van der Waals surface area contributed by atoms with E-state index in [2.05, 4.69) is 4.99 Å². The van der Waals surface area contributed by atoms with Crippen molar-refractivity contribution in [2.45, 2.75) is 0 Å². The number of ether oxygens (including phenoxy) is 1. The minimum Gasteiger partial charge on any atom is -0.508 e. The van der Waals surface area contributed by atoms with Gasteiger partial charge in [0.05, 0.1) is 5.69 Å². The molecule has 1 N–H and O–H groups in total. The molecule has 1 amide bonds.